The van der Waals surface area contributed by atoms with Crippen LogP contribution in [0.15, 0.2) is 24.3 Å². The van der Waals surface area contributed by atoms with Crippen molar-refractivity contribution in [3.63, 3.8) is 0 Å². The number of hydrogen-bond donors (Lipinski definition) is 1. The van der Waals surface area contributed by atoms with Gasteiger partial charge in [0.15, 0.2) is 0 Å². The quantitative estimate of drug-likeness (QED) is 0.594. The van der Waals surface area contributed by atoms with Gasteiger partial charge in [0.05, 0.1) is 25.2 Å². The van der Waals surface area contributed by atoms with Crippen molar-refractivity contribution >= 4 is 34.0 Å². The van der Waals surface area contributed by atoms with Gasteiger partial charge in [-0.05, 0) is 37.0 Å². The molecule has 3 saturated heterocycles. The molecule has 2 amide bonds. The summed E-state index contributed by atoms with van der Waals surface area (Å²) in [6, 6.07) is 8.06. The number of anilines is 2. The van der Waals surface area contributed by atoms with Crippen molar-refractivity contribution in [1.29, 1.82) is 0 Å². The summed E-state index contributed by atoms with van der Waals surface area (Å²) >= 11 is 1.40. The lowest BCUT2D eigenvalue weighted by Crippen LogP contribution is -2.35. The first-order valence-electron chi connectivity index (χ1n) is 12.1. The number of carbonyl (C=O) groups excluding carboxylic acids is 2. The highest BCUT2D eigenvalue weighted by atomic mass is 32.1. The maximum atomic E-state index is 12.8. The Hall–Kier alpha value is -2.40. The zero-order valence-electron chi connectivity index (χ0n) is 19.3. The second-order valence-corrected chi connectivity index (χ2v) is 10.2. The van der Waals surface area contributed by atoms with Gasteiger partial charge >= 0.3 is 0 Å². The summed E-state index contributed by atoms with van der Waals surface area (Å²) in [5, 5.41) is 12.6. The van der Waals surface area contributed by atoms with Crippen LogP contribution in [0, 0.1) is 5.92 Å². The molecule has 3 fully saturated rings. The first-order chi connectivity index (χ1) is 16.6. The average molecular weight is 502 g/mol. The molecule has 1 aromatic carbocycles. The van der Waals surface area contributed by atoms with Gasteiger partial charge in [0, 0.05) is 51.3 Å². The maximum Gasteiger partial charge on any atom is 0.231 e. The fraction of sp³-hybridized carbons (Fsp3) is 0.600. The lowest BCUT2D eigenvalue weighted by atomic mass is 10.1. The van der Waals surface area contributed by atoms with Crippen LogP contribution in [-0.4, -0.2) is 72.5 Å². The minimum Gasteiger partial charge on any atom is -0.379 e. The SMILES string of the molecule is C.O=C(Nc1nnc(CCC2CCCO2)s1)[C@H]1CC(=O)N(c2ccc(CN3CCOCC3)cc2)C1. The van der Waals surface area contributed by atoms with Gasteiger partial charge in [0.2, 0.25) is 16.9 Å². The van der Waals surface area contributed by atoms with Crippen molar-refractivity contribution in [3.05, 3.63) is 34.8 Å². The minimum absolute atomic E-state index is 0. The number of ether oxygens (including phenoxy) is 2. The van der Waals surface area contributed by atoms with E-state index < -0.39 is 5.92 Å². The predicted molar refractivity (Wildman–Crippen MR) is 136 cm³/mol. The van der Waals surface area contributed by atoms with Crippen LogP contribution in [0.4, 0.5) is 10.8 Å². The summed E-state index contributed by atoms with van der Waals surface area (Å²) in [6.07, 6.45) is 4.47. The molecule has 9 nitrogen and oxygen atoms in total. The topological polar surface area (TPSA) is 96.9 Å². The summed E-state index contributed by atoms with van der Waals surface area (Å²) in [5.74, 6) is -0.614. The molecule has 1 N–H and O–H groups in total. The van der Waals surface area contributed by atoms with E-state index in [2.05, 4.69) is 32.5 Å². The van der Waals surface area contributed by atoms with Crippen molar-refractivity contribution in [2.24, 2.45) is 5.92 Å². The third kappa shape index (κ3) is 6.63. The molecule has 2 aromatic rings. The molecule has 4 heterocycles. The number of nitrogens with zero attached hydrogens (tertiary/aromatic N) is 4. The Balaban J connectivity index is 0.00000289. The molecule has 0 spiro atoms. The third-order valence-corrected chi connectivity index (χ3v) is 7.55. The van der Waals surface area contributed by atoms with Gasteiger partial charge in [-0.2, -0.15) is 0 Å². The first-order valence-corrected chi connectivity index (χ1v) is 12.9. The van der Waals surface area contributed by atoms with E-state index >= 15 is 0 Å². The predicted octanol–water partition coefficient (Wildman–Crippen LogP) is 3.11. The van der Waals surface area contributed by atoms with E-state index in [-0.39, 0.29) is 25.7 Å². The van der Waals surface area contributed by atoms with Crippen molar-refractivity contribution in [3.8, 4) is 0 Å². The number of aryl methyl sites for hydroxylation is 1. The van der Waals surface area contributed by atoms with Crippen LogP contribution in [0.1, 0.15) is 43.7 Å². The van der Waals surface area contributed by atoms with E-state index in [0.29, 0.717) is 17.8 Å². The van der Waals surface area contributed by atoms with Crippen LogP contribution >= 0.6 is 11.3 Å². The highest BCUT2D eigenvalue weighted by Crippen LogP contribution is 2.28. The fourth-order valence-electron chi connectivity index (χ4n) is 4.70. The number of amides is 2. The molecular formula is C25H35N5O4S. The zero-order valence-corrected chi connectivity index (χ0v) is 20.1. The molecular weight excluding hydrogens is 466 g/mol. The van der Waals surface area contributed by atoms with E-state index in [0.717, 1.165) is 75.8 Å². The summed E-state index contributed by atoms with van der Waals surface area (Å²) in [4.78, 5) is 29.5. The molecule has 1 unspecified atom stereocenters. The molecule has 10 heteroatoms. The molecule has 0 bridgehead atoms. The highest BCUT2D eigenvalue weighted by Gasteiger charge is 2.35. The van der Waals surface area contributed by atoms with Crippen LogP contribution in [0.2, 0.25) is 0 Å². The van der Waals surface area contributed by atoms with Gasteiger partial charge in [-0.3, -0.25) is 14.5 Å². The monoisotopic (exact) mass is 501 g/mol. The highest BCUT2D eigenvalue weighted by molar-refractivity contribution is 7.15. The Labute approximate surface area is 210 Å². The van der Waals surface area contributed by atoms with Gasteiger partial charge < -0.3 is 19.7 Å². The molecule has 0 radical (unpaired) electrons. The fourth-order valence-corrected chi connectivity index (χ4v) is 5.46. The summed E-state index contributed by atoms with van der Waals surface area (Å²) in [7, 11) is 0. The van der Waals surface area contributed by atoms with Crippen molar-refractivity contribution in [2.45, 2.75) is 52.2 Å². The molecule has 2 atom stereocenters. The number of hydrogen-bond acceptors (Lipinski definition) is 8. The second-order valence-electron chi connectivity index (χ2n) is 9.12. The largest absolute Gasteiger partial charge is 0.379 e. The smallest absolute Gasteiger partial charge is 0.231 e. The van der Waals surface area contributed by atoms with Crippen LogP contribution in [0.5, 0.6) is 0 Å². The number of nitrogens with one attached hydrogen (secondary N) is 1. The number of benzene rings is 1. The molecule has 0 saturated carbocycles. The number of carbonyl (C=O) groups is 2. The van der Waals surface area contributed by atoms with Gasteiger partial charge in [-0.15, -0.1) is 10.2 Å². The van der Waals surface area contributed by atoms with Crippen molar-refractivity contribution in [1.82, 2.24) is 15.1 Å². The summed E-state index contributed by atoms with van der Waals surface area (Å²) in [6.45, 7) is 5.52. The van der Waals surface area contributed by atoms with Crippen molar-refractivity contribution in [2.75, 3.05) is 49.7 Å². The van der Waals surface area contributed by atoms with Gasteiger partial charge in [-0.25, -0.2) is 0 Å². The molecule has 3 aliphatic rings. The molecule has 1 aromatic heterocycles. The maximum absolute atomic E-state index is 12.8. The second kappa shape index (κ2) is 12.0. The molecule has 35 heavy (non-hydrogen) atoms. The van der Waals surface area contributed by atoms with Crippen LogP contribution in [0.25, 0.3) is 0 Å². The standard InChI is InChI=1S/C24H31N5O4S.CH4/c30-22-14-18(23(31)25-24-27-26-21(34-24)8-7-20-2-1-11-33-20)16-29(22)19-5-3-17(4-6-19)15-28-9-12-32-13-10-28;/h3-6,18,20H,1-2,7-16H2,(H,25,27,31);1H4/t18-,20?;/m0./s1. The third-order valence-electron chi connectivity index (χ3n) is 6.65. The Kier molecular flexibility index (Phi) is 8.83. The minimum atomic E-state index is -0.403. The zero-order chi connectivity index (χ0) is 23.3. The van der Waals surface area contributed by atoms with Gasteiger partial charge in [0.25, 0.3) is 0 Å². The molecule has 5 rings (SSSR count). The van der Waals surface area contributed by atoms with E-state index in [1.807, 2.05) is 12.1 Å². The van der Waals surface area contributed by atoms with E-state index in [4.69, 9.17) is 9.47 Å². The van der Waals surface area contributed by atoms with E-state index in [9.17, 15) is 9.59 Å². The molecule has 3 aliphatic heterocycles. The Bertz CT molecular complexity index is 986. The number of rotatable bonds is 8. The summed E-state index contributed by atoms with van der Waals surface area (Å²) in [5.41, 5.74) is 2.04. The summed E-state index contributed by atoms with van der Waals surface area (Å²) < 4.78 is 11.1. The Morgan fingerprint density at radius 3 is 2.69 bits per heavy atom. The normalized spacial score (nSPS) is 22.9. The van der Waals surface area contributed by atoms with Crippen LogP contribution < -0.4 is 10.2 Å². The Morgan fingerprint density at radius 2 is 1.94 bits per heavy atom. The molecule has 190 valence electrons. The van der Waals surface area contributed by atoms with Crippen LogP contribution in [-0.2, 0) is 32.0 Å². The van der Waals surface area contributed by atoms with E-state index in [1.165, 1.54) is 16.9 Å². The van der Waals surface area contributed by atoms with Gasteiger partial charge in [0.1, 0.15) is 5.01 Å². The first kappa shape index (κ1) is 25.7. The number of aromatic nitrogens is 2. The van der Waals surface area contributed by atoms with Crippen LogP contribution in [0.3, 0.4) is 0 Å². The van der Waals surface area contributed by atoms with Crippen molar-refractivity contribution < 1.29 is 19.1 Å². The molecule has 0 aliphatic carbocycles. The number of morpholine rings is 1. The lowest BCUT2D eigenvalue weighted by Gasteiger charge is -2.26. The average Bonchev–Trinajstić information content (AvgIpc) is 3.61. The van der Waals surface area contributed by atoms with E-state index in [1.54, 1.807) is 4.90 Å². The lowest BCUT2D eigenvalue weighted by molar-refractivity contribution is -0.122. The Morgan fingerprint density at radius 1 is 1.14 bits per heavy atom. The van der Waals surface area contributed by atoms with Gasteiger partial charge in [-0.1, -0.05) is 30.9 Å².